The van der Waals surface area contributed by atoms with Crippen LogP contribution in [0.25, 0.3) is 0 Å². The van der Waals surface area contributed by atoms with E-state index < -0.39 is 11.8 Å². The number of carbonyl (C=O) groups is 2. The van der Waals surface area contributed by atoms with Crippen LogP contribution in [0.4, 0.5) is 11.5 Å². The number of hydrogen-bond donors (Lipinski definition) is 2. The monoisotopic (exact) mass is 623 g/mol. The van der Waals surface area contributed by atoms with Crippen molar-refractivity contribution < 1.29 is 19.1 Å². The number of piperidine rings is 1. The first kappa shape index (κ1) is 29.1. The molecule has 0 spiro atoms. The number of anilines is 2. The zero-order chi connectivity index (χ0) is 27.2. The van der Waals surface area contributed by atoms with Gasteiger partial charge in [0.05, 0.1) is 24.0 Å². The van der Waals surface area contributed by atoms with E-state index in [9.17, 15) is 9.59 Å². The topological polar surface area (TPSA) is 110 Å². The fourth-order valence-corrected chi connectivity index (χ4v) is 5.33. The predicted molar refractivity (Wildman–Crippen MR) is 154 cm³/mol. The van der Waals surface area contributed by atoms with Crippen molar-refractivity contribution in [3.63, 3.8) is 0 Å². The maximum Gasteiger partial charge on any atom is 0.313 e. The van der Waals surface area contributed by atoms with Gasteiger partial charge in [-0.25, -0.2) is 4.98 Å². The average Bonchev–Trinajstić information content (AvgIpc) is 2.89. The standard InChI is InChI=1S/C27H38IN5O4/c1-6-18-12-20(15-30-24(18)29)31-25(34)26(35)33-17-27(2,16-28)23(36-5)14-22(33)19-8-7-9-21(13-19)37-11-10-32(3)4/h7-9,12-13,15,22-23H,6,10-11,14,16-17H2,1-5H3,(H2,29,30)(H,31,34)/t22-,23+,27-/m1/s1. The van der Waals surface area contributed by atoms with Crippen LogP contribution in [-0.4, -0.2) is 78.0 Å². The number of benzene rings is 1. The van der Waals surface area contributed by atoms with Crippen molar-refractivity contribution in [1.82, 2.24) is 14.8 Å². The molecule has 0 unspecified atom stereocenters. The number of nitrogens with one attached hydrogen (secondary N) is 1. The Morgan fingerprint density at radius 1 is 1.32 bits per heavy atom. The summed E-state index contributed by atoms with van der Waals surface area (Å²) in [5.41, 5.74) is 7.75. The molecule has 0 radical (unpaired) electrons. The summed E-state index contributed by atoms with van der Waals surface area (Å²) < 4.78 is 12.6. The van der Waals surface area contributed by atoms with Crippen LogP contribution in [0.3, 0.4) is 0 Å². The number of nitrogens with zero attached hydrogens (tertiary/aromatic N) is 3. The maximum atomic E-state index is 13.6. The molecule has 1 fully saturated rings. The molecule has 2 aromatic rings. The molecule has 1 aliphatic rings. The third-order valence-electron chi connectivity index (χ3n) is 6.86. The molecule has 1 aliphatic heterocycles. The van der Waals surface area contributed by atoms with E-state index in [2.05, 4.69) is 44.7 Å². The summed E-state index contributed by atoms with van der Waals surface area (Å²) in [5.74, 6) is -0.153. The van der Waals surface area contributed by atoms with Gasteiger partial charge in [0.2, 0.25) is 0 Å². The van der Waals surface area contributed by atoms with Gasteiger partial charge in [0.15, 0.2) is 0 Å². The zero-order valence-electron chi connectivity index (χ0n) is 22.3. The van der Waals surface area contributed by atoms with Gasteiger partial charge < -0.3 is 30.3 Å². The SMILES string of the molecule is CCc1cc(NC(=O)C(=O)N2C[C@@](C)(CI)[C@@H](OC)C[C@@H]2c2cccc(OCCN(C)C)c2)cnc1N. The van der Waals surface area contributed by atoms with Gasteiger partial charge in [0.1, 0.15) is 18.2 Å². The highest BCUT2D eigenvalue weighted by molar-refractivity contribution is 14.1. The molecule has 2 amide bonds. The number of hydrogen-bond acceptors (Lipinski definition) is 7. The Labute approximate surface area is 233 Å². The minimum absolute atomic E-state index is 0.0757. The van der Waals surface area contributed by atoms with Gasteiger partial charge in [-0.15, -0.1) is 0 Å². The highest BCUT2D eigenvalue weighted by atomic mass is 127. The molecule has 202 valence electrons. The van der Waals surface area contributed by atoms with Crippen molar-refractivity contribution in [3.8, 4) is 5.75 Å². The summed E-state index contributed by atoms with van der Waals surface area (Å²) in [6.45, 7) is 5.78. The normalized spacial score (nSPS) is 21.6. The molecule has 0 saturated carbocycles. The van der Waals surface area contributed by atoms with Gasteiger partial charge in [-0.05, 0) is 56.3 Å². The molecule has 1 aromatic heterocycles. The molecule has 10 heteroatoms. The summed E-state index contributed by atoms with van der Waals surface area (Å²) in [6.07, 6.45) is 2.63. The molecule has 37 heavy (non-hydrogen) atoms. The van der Waals surface area contributed by atoms with Crippen molar-refractivity contribution in [2.75, 3.05) is 56.4 Å². The van der Waals surface area contributed by atoms with E-state index in [0.717, 1.165) is 27.8 Å². The van der Waals surface area contributed by atoms with Crippen LogP contribution in [0.5, 0.6) is 5.75 Å². The molecule has 2 heterocycles. The summed E-state index contributed by atoms with van der Waals surface area (Å²) in [7, 11) is 5.69. The van der Waals surface area contributed by atoms with E-state index in [1.165, 1.54) is 6.20 Å². The van der Waals surface area contributed by atoms with Crippen LogP contribution >= 0.6 is 22.6 Å². The number of pyridine rings is 1. The van der Waals surface area contributed by atoms with Gasteiger partial charge in [0, 0.05) is 30.0 Å². The van der Waals surface area contributed by atoms with Gasteiger partial charge in [0.25, 0.3) is 0 Å². The van der Waals surface area contributed by atoms with Crippen molar-refractivity contribution in [2.24, 2.45) is 5.41 Å². The second kappa shape index (κ2) is 12.9. The van der Waals surface area contributed by atoms with Crippen LogP contribution in [0.2, 0.25) is 0 Å². The molecule has 9 nitrogen and oxygen atoms in total. The lowest BCUT2D eigenvalue weighted by molar-refractivity contribution is -0.152. The summed E-state index contributed by atoms with van der Waals surface area (Å²) >= 11 is 2.33. The Balaban J connectivity index is 1.88. The van der Waals surface area contributed by atoms with E-state index in [-0.39, 0.29) is 17.6 Å². The predicted octanol–water partition coefficient (Wildman–Crippen LogP) is 3.54. The van der Waals surface area contributed by atoms with Crippen LogP contribution in [0, 0.1) is 5.41 Å². The van der Waals surface area contributed by atoms with Gasteiger partial charge >= 0.3 is 11.8 Å². The average molecular weight is 624 g/mol. The smallest absolute Gasteiger partial charge is 0.313 e. The zero-order valence-corrected chi connectivity index (χ0v) is 24.4. The molecule has 1 aromatic carbocycles. The largest absolute Gasteiger partial charge is 0.492 e. The molecule has 1 saturated heterocycles. The van der Waals surface area contributed by atoms with Crippen molar-refractivity contribution in [3.05, 3.63) is 47.7 Å². The van der Waals surface area contributed by atoms with Crippen LogP contribution in [-0.2, 0) is 20.7 Å². The summed E-state index contributed by atoms with van der Waals surface area (Å²) in [6, 6.07) is 9.17. The first-order valence-electron chi connectivity index (χ1n) is 12.4. The Morgan fingerprint density at radius 2 is 2.08 bits per heavy atom. The van der Waals surface area contributed by atoms with Crippen LogP contribution in [0.15, 0.2) is 36.5 Å². The number of amides is 2. The minimum atomic E-state index is -0.705. The number of alkyl halides is 1. The Hall–Kier alpha value is -2.44. The van der Waals surface area contributed by atoms with Gasteiger partial charge in [-0.3, -0.25) is 9.59 Å². The second-order valence-corrected chi connectivity index (χ2v) is 10.8. The lowest BCUT2D eigenvalue weighted by Crippen LogP contribution is -2.56. The Morgan fingerprint density at radius 3 is 2.73 bits per heavy atom. The van der Waals surface area contributed by atoms with Gasteiger partial charge in [-0.2, -0.15) is 0 Å². The Bertz CT molecular complexity index is 1100. The molecule has 3 N–H and O–H groups in total. The van der Waals surface area contributed by atoms with Gasteiger partial charge in [-0.1, -0.05) is 48.6 Å². The van der Waals surface area contributed by atoms with Crippen molar-refractivity contribution in [2.45, 2.75) is 38.8 Å². The number of ether oxygens (including phenoxy) is 2. The lowest BCUT2D eigenvalue weighted by atomic mass is 9.76. The first-order chi connectivity index (χ1) is 17.6. The number of nitrogens with two attached hydrogens (primary N) is 1. The molecule has 0 bridgehead atoms. The van der Waals surface area contributed by atoms with Crippen LogP contribution < -0.4 is 15.8 Å². The Kier molecular flexibility index (Phi) is 10.1. The number of likely N-dealkylation sites (N-methyl/N-ethyl adjacent to an activating group) is 1. The molecular weight excluding hydrogens is 585 g/mol. The number of nitrogen functional groups attached to an aromatic ring is 1. The fraction of sp³-hybridized carbons (Fsp3) is 0.519. The third-order valence-corrected chi connectivity index (χ3v) is 8.60. The molecule has 3 atom stereocenters. The third kappa shape index (κ3) is 7.11. The number of carbonyl (C=O) groups excluding carboxylic acids is 2. The number of likely N-dealkylation sites (tertiary alicyclic amines) is 1. The van der Waals surface area contributed by atoms with E-state index in [1.807, 2.05) is 45.3 Å². The van der Waals surface area contributed by atoms with Crippen molar-refractivity contribution in [1.29, 1.82) is 0 Å². The van der Waals surface area contributed by atoms with E-state index >= 15 is 0 Å². The fourth-order valence-electron chi connectivity index (χ4n) is 4.60. The highest BCUT2D eigenvalue weighted by Gasteiger charge is 2.46. The van der Waals surface area contributed by atoms with E-state index in [4.69, 9.17) is 15.2 Å². The molecule has 0 aliphatic carbocycles. The number of halogens is 1. The van der Waals surface area contributed by atoms with Crippen molar-refractivity contribution >= 4 is 45.9 Å². The highest BCUT2D eigenvalue weighted by Crippen LogP contribution is 2.43. The van der Waals surface area contributed by atoms with E-state index in [0.29, 0.717) is 37.5 Å². The number of methoxy groups -OCH3 is 1. The molecule has 3 rings (SSSR count). The maximum absolute atomic E-state index is 13.6. The van der Waals surface area contributed by atoms with E-state index in [1.54, 1.807) is 18.1 Å². The molecular formula is C27H38IN5O4. The summed E-state index contributed by atoms with van der Waals surface area (Å²) in [5, 5.41) is 2.72. The lowest BCUT2D eigenvalue weighted by Gasteiger charge is -2.49. The quantitative estimate of drug-likeness (QED) is 0.250. The number of aromatic nitrogens is 1. The minimum Gasteiger partial charge on any atom is -0.492 e. The summed E-state index contributed by atoms with van der Waals surface area (Å²) in [4.78, 5) is 34.7. The number of aryl methyl sites for hydroxylation is 1. The van der Waals surface area contributed by atoms with Crippen LogP contribution in [0.1, 0.15) is 37.4 Å². The first-order valence-corrected chi connectivity index (χ1v) is 14.0. The number of rotatable bonds is 9. The second-order valence-electron chi connectivity index (χ2n) is 10.00.